The highest BCUT2D eigenvalue weighted by Crippen LogP contribution is 2.35. The summed E-state index contributed by atoms with van der Waals surface area (Å²) in [7, 11) is 0. The molecule has 1 aromatic heterocycles. The molecule has 1 fully saturated rings. The van der Waals surface area contributed by atoms with Crippen molar-refractivity contribution in [2.24, 2.45) is 0 Å². The van der Waals surface area contributed by atoms with Crippen LogP contribution >= 0.6 is 0 Å². The Hall–Kier alpha value is -7.08. The Kier molecular flexibility index (Phi) is 10.8. The monoisotopic (exact) mass is 822 g/mol. The van der Waals surface area contributed by atoms with Gasteiger partial charge in [0.05, 0.1) is 30.0 Å². The average molecular weight is 823 g/mol. The normalized spacial score (nSPS) is 16.4. The summed E-state index contributed by atoms with van der Waals surface area (Å²) in [5.74, 6) is 0.0383. The molecule has 0 aliphatic carbocycles. The first kappa shape index (κ1) is 39.1. The summed E-state index contributed by atoms with van der Waals surface area (Å²) in [4.78, 5) is 51.9. The SMILES string of the molecule is O=C(Oc1ccccc1)N1CCc2cc(-n3nc(C(=O)N(c4ccccc4)c4ccccc4)c4ccccc43)c(C(=O)N3Cc4ccccc4C[C@H]3CN3CCOCC3)cc2C1. The van der Waals surface area contributed by atoms with Gasteiger partial charge in [-0.05, 0) is 89.7 Å². The zero-order valence-electron chi connectivity index (χ0n) is 34.3. The molecule has 3 amide bonds. The fourth-order valence-electron chi connectivity index (χ4n) is 9.03. The lowest BCUT2D eigenvalue weighted by molar-refractivity contribution is 0.0192. The first-order valence-corrected chi connectivity index (χ1v) is 21.3. The van der Waals surface area contributed by atoms with Crippen LogP contribution in [0, 0.1) is 0 Å². The molecule has 310 valence electrons. The maximum absolute atomic E-state index is 15.6. The van der Waals surface area contributed by atoms with Gasteiger partial charge in [-0.25, -0.2) is 9.48 Å². The lowest BCUT2D eigenvalue weighted by atomic mass is 9.91. The van der Waals surface area contributed by atoms with E-state index in [2.05, 4.69) is 23.1 Å². The zero-order chi connectivity index (χ0) is 42.0. The molecule has 0 saturated carbocycles. The van der Waals surface area contributed by atoms with Crippen LogP contribution < -0.4 is 9.64 Å². The highest BCUT2D eigenvalue weighted by molar-refractivity contribution is 6.16. The predicted octanol–water partition coefficient (Wildman–Crippen LogP) is 8.46. The molecule has 0 unspecified atom stereocenters. The van der Waals surface area contributed by atoms with Crippen molar-refractivity contribution in [3.63, 3.8) is 0 Å². The highest BCUT2D eigenvalue weighted by atomic mass is 16.6. The van der Waals surface area contributed by atoms with Crippen molar-refractivity contribution in [3.05, 3.63) is 185 Å². The molecule has 0 spiro atoms. The lowest BCUT2D eigenvalue weighted by Gasteiger charge is -2.41. The summed E-state index contributed by atoms with van der Waals surface area (Å²) in [6.07, 6.45) is 0.814. The second kappa shape index (κ2) is 17.1. The summed E-state index contributed by atoms with van der Waals surface area (Å²) in [5.41, 5.74) is 7.63. The summed E-state index contributed by atoms with van der Waals surface area (Å²) in [6.45, 7) is 4.79. The van der Waals surface area contributed by atoms with E-state index in [9.17, 15) is 9.59 Å². The second-order valence-corrected chi connectivity index (χ2v) is 16.1. The lowest BCUT2D eigenvalue weighted by Crippen LogP contribution is -2.52. The van der Waals surface area contributed by atoms with Gasteiger partial charge in [0.25, 0.3) is 11.8 Å². The number of nitrogens with zero attached hydrogens (tertiary/aromatic N) is 6. The maximum Gasteiger partial charge on any atom is 0.415 e. The molecule has 3 aliphatic rings. The van der Waals surface area contributed by atoms with Gasteiger partial charge in [-0.2, -0.15) is 5.10 Å². The smallest absolute Gasteiger partial charge is 0.410 e. The van der Waals surface area contributed by atoms with Crippen LogP contribution in [-0.2, 0) is 30.7 Å². The van der Waals surface area contributed by atoms with E-state index in [1.807, 2.05) is 126 Å². The Balaban J connectivity index is 1.09. The Labute approximate surface area is 360 Å². The van der Waals surface area contributed by atoms with Gasteiger partial charge in [0, 0.05) is 62.1 Å². The van der Waals surface area contributed by atoms with Crippen molar-refractivity contribution in [1.29, 1.82) is 0 Å². The third-order valence-electron chi connectivity index (χ3n) is 12.2. The zero-order valence-corrected chi connectivity index (χ0v) is 34.3. The third kappa shape index (κ3) is 7.72. The van der Waals surface area contributed by atoms with E-state index in [0.717, 1.165) is 36.2 Å². The Bertz CT molecular complexity index is 2710. The van der Waals surface area contributed by atoms with Gasteiger partial charge in [0.15, 0.2) is 5.69 Å². The van der Waals surface area contributed by atoms with Gasteiger partial charge in [0.1, 0.15) is 5.75 Å². The fraction of sp³-hybridized carbons (Fsp3) is 0.216. The average Bonchev–Trinajstić information content (AvgIpc) is 3.71. The van der Waals surface area contributed by atoms with Crippen LogP contribution in [-0.4, -0.2) is 87.8 Å². The van der Waals surface area contributed by atoms with Gasteiger partial charge in [-0.15, -0.1) is 0 Å². The molecule has 1 atom stereocenters. The van der Waals surface area contributed by atoms with E-state index in [1.165, 1.54) is 5.56 Å². The molecule has 1 saturated heterocycles. The minimum Gasteiger partial charge on any atom is -0.410 e. The fourth-order valence-corrected chi connectivity index (χ4v) is 9.03. The summed E-state index contributed by atoms with van der Waals surface area (Å²) in [6, 6.07) is 48.1. The molecular formula is C51H46N6O5. The summed E-state index contributed by atoms with van der Waals surface area (Å²) in [5, 5.41) is 5.82. The van der Waals surface area contributed by atoms with Gasteiger partial charge >= 0.3 is 6.09 Å². The molecule has 4 heterocycles. The number of ether oxygens (including phenoxy) is 2. The maximum atomic E-state index is 15.6. The molecule has 62 heavy (non-hydrogen) atoms. The van der Waals surface area contributed by atoms with Gasteiger partial charge in [-0.3, -0.25) is 19.4 Å². The van der Waals surface area contributed by atoms with E-state index in [-0.39, 0.29) is 30.1 Å². The predicted molar refractivity (Wildman–Crippen MR) is 238 cm³/mol. The number of rotatable bonds is 8. The van der Waals surface area contributed by atoms with E-state index >= 15 is 4.79 Å². The highest BCUT2D eigenvalue weighted by Gasteiger charge is 2.36. The summed E-state index contributed by atoms with van der Waals surface area (Å²) >= 11 is 0. The molecule has 10 rings (SSSR count). The minimum atomic E-state index is -0.445. The van der Waals surface area contributed by atoms with Crippen molar-refractivity contribution in [3.8, 4) is 11.4 Å². The van der Waals surface area contributed by atoms with Crippen molar-refractivity contribution in [2.75, 3.05) is 44.3 Å². The van der Waals surface area contributed by atoms with Crippen LogP contribution in [0.25, 0.3) is 16.6 Å². The Morgan fingerprint density at radius 1 is 0.677 bits per heavy atom. The molecule has 0 bridgehead atoms. The van der Waals surface area contributed by atoms with Crippen LogP contribution in [0.15, 0.2) is 152 Å². The third-order valence-corrected chi connectivity index (χ3v) is 12.2. The largest absolute Gasteiger partial charge is 0.415 e. The van der Waals surface area contributed by atoms with Crippen molar-refractivity contribution < 1.29 is 23.9 Å². The van der Waals surface area contributed by atoms with Crippen LogP contribution in [0.5, 0.6) is 5.75 Å². The second-order valence-electron chi connectivity index (χ2n) is 16.1. The van der Waals surface area contributed by atoms with Crippen LogP contribution in [0.1, 0.15) is 43.1 Å². The van der Waals surface area contributed by atoms with Gasteiger partial charge in [0.2, 0.25) is 0 Å². The molecule has 0 N–H and O–H groups in total. The number of hydrogen-bond donors (Lipinski definition) is 0. The van der Waals surface area contributed by atoms with E-state index in [0.29, 0.717) is 78.5 Å². The van der Waals surface area contributed by atoms with Gasteiger partial charge < -0.3 is 19.3 Å². The van der Waals surface area contributed by atoms with E-state index in [1.54, 1.807) is 26.6 Å². The molecule has 7 aromatic rings. The molecule has 11 heteroatoms. The van der Waals surface area contributed by atoms with Crippen LogP contribution in [0.2, 0.25) is 0 Å². The quantitative estimate of drug-likeness (QED) is 0.152. The van der Waals surface area contributed by atoms with Crippen LogP contribution in [0.4, 0.5) is 16.2 Å². The number of morpholine rings is 1. The number of para-hydroxylation sites is 4. The molecule has 0 radical (unpaired) electrons. The van der Waals surface area contributed by atoms with Crippen molar-refractivity contribution in [2.45, 2.75) is 32.0 Å². The van der Waals surface area contributed by atoms with Crippen LogP contribution in [0.3, 0.4) is 0 Å². The standard InChI is InChI=1S/C51H46N6O5/c58-49(55-34-38-15-11-10-14-36(38)30-42(55)35-53-26-28-61-29-27-53)45-31-39-33-54(51(60)62-43-20-8-3-9-21-43)25-24-37(39)32-47(45)57-46-23-13-12-22-44(46)48(52-57)50(59)56(40-16-4-1-5-17-40)41-18-6-2-7-19-41/h1-23,31-32,42H,24-30,33-35H2/t42-/m0/s1. The number of benzene rings is 6. The summed E-state index contributed by atoms with van der Waals surface area (Å²) < 4.78 is 13.2. The number of anilines is 2. The Morgan fingerprint density at radius 2 is 1.32 bits per heavy atom. The molecule has 3 aliphatic heterocycles. The van der Waals surface area contributed by atoms with Crippen molar-refractivity contribution >= 4 is 40.2 Å². The van der Waals surface area contributed by atoms with E-state index in [4.69, 9.17) is 14.6 Å². The molecule has 11 nitrogen and oxygen atoms in total. The molecule has 6 aromatic carbocycles. The number of carbonyl (C=O) groups is 3. The van der Waals surface area contributed by atoms with Crippen molar-refractivity contribution in [1.82, 2.24) is 24.5 Å². The van der Waals surface area contributed by atoms with Gasteiger partial charge in [-0.1, -0.05) is 97.1 Å². The Morgan fingerprint density at radius 3 is 2.05 bits per heavy atom. The number of hydrogen-bond acceptors (Lipinski definition) is 7. The minimum absolute atomic E-state index is 0.103. The van der Waals surface area contributed by atoms with E-state index < -0.39 is 6.09 Å². The number of amides is 3. The molecular weight excluding hydrogens is 777 g/mol. The first-order chi connectivity index (χ1) is 30.5. The number of carbonyl (C=O) groups excluding carboxylic acids is 3. The topological polar surface area (TPSA) is 100 Å². The first-order valence-electron chi connectivity index (χ1n) is 21.3. The number of aromatic nitrogens is 2. The number of fused-ring (bicyclic) bond motifs is 3.